The average Bonchev–Trinajstić information content (AvgIpc) is 2.46. The molecule has 88 valence electrons. The van der Waals surface area contributed by atoms with E-state index in [9.17, 15) is 4.79 Å². The Morgan fingerprint density at radius 3 is 2.33 bits per heavy atom. The number of aliphatic carboxylic acids is 1. The molecule has 0 aromatic heterocycles. The third kappa shape index (κ3) is 3.38. The minimum Gasteiger partial charge on any atom is -0.480 e. The first kappa shape index (κ1) is 12.8. The van der Waals surface area contributed by atoms with Crippen molar-refractivity contribution in [2.75, 3.05) is 6.54 Å². The number of likely N-dealkylation sites (tertiary alicyclic amines) is 1. The number of carboxylic acids is 1. The molecule has 2 atom stereocenters. The van der Waals surface area contributed by atoms with Gasteiger partial charge in [-0.05, 0) is 25.5 Å². The summed E-state index contributed by atoms with van der Waals surface area (Å²) in [7, 11) is 0. The number of hydrogen-bond donors (Lipinski definition) is 1. The molecule has 0 aromatic carbocycles. The van der Waals surface area contributed by atoms with Crippen LogP contribution in [-0.2, 0) is 4.79 Å². The standard InChI is InChI=1S/C11H21NO2S/c1-7(2)12-6-9(15-8(3)4)5-10(12)11(13)14/h7-10H,5-6H2,1-4H3,(H,13,14). The zero-order chi connectivity index (χ0) is 11.6. The van der Waals surface area contributed by atoms with Crippen molar-refractivity contribution in [3.05, 3.63) is 0 Å². The Kier molecular flexibility index (Phi) is 4.46. The Bertz CT molecular complexity index is 231. The van der Waals surface area contributed by atoms with E-state index in [0.717, 1.165) is 13.0 Å². The molecule has 1 rings (SSSR count). The van der Waals surface area contributed by atoms with Crippen molar-refractivity contribution in [2.45, 2.75) is 56.7 Å². The molecular weight excluding hydrogens is 210 g/mol. The second-order valence-electron chi connectivity index (χ2n) is 4.69. The molecule has 0 aliphatic carbocycles. The van der Waals surface area contributed by atoms with E-state index in [1.165, 1.54) is 0 Å². The lowest BCUT2D eigenvalue weighted by Gasteiger charge is -2.25. The SMILES string of the molecule is CC(C)SC1CC(C(=O)O)N(C(C)C)C1. The number of thioether (sulfide) groups is 1. The van der Waals surface area contributed by atoms with Crippen LogP contribution in [0, 0.1) is 0 Å². The fourth-order valence-corrected chi connectivity index (χ4v) is 3.44. The second kappa shape index (κ2) is 5.21. The molecule has 1 heterocycles. The fourth-order valence-electron chi connectivity index (χ4n) is 2.12. The highest BCUT2D eigenvalue weighted by Gasteiger charge is 2.38. The van der Waals surface area contributed by atoms with E-state index in [4.69, 9.17) is 5.11 Å². The summed E-state index contributed by atoms with van der Waals surface area (Å²) in [5.74, 6) is -0.671. The molecular formula is C11H21NO2S. The normalized spacial score (nSPS) is 27.9. The van der Waals surface area contributed by atoms with Crippen molar-refractivity contribution in [3.8, 4) is 0 Å². The van der Waals surface area contributed by atoms with Crippen molar-refractivity contribution in [3.63, 3.8) is 0 Å². The predicted molar refractivity (Wildman–Crippen MR) is 64.4 cm³/mol. The third-order valence-corrected chi connectivity index (χ3v) is 3.98. The van der Waals surface area contributed by atoms with Gasteiger partial charge in [-0.25, -0.2) is 0 Å². The lowest BCUT2D eigenvalue weighted by Crippen LogP contribution is -2.40. The monoisotopic (exact) mass is 231 g/mol. The van der Waals surface area contributed by atoms with Crippen LogP contribution in [0.5, 0.6) is 0 Å². The number of rotatable bonds is 4. The molecule has 0 spiro atoms. The average molecular weight is 231 g/mol. The molecule has 2 unspecified atom stereocenters. The Morgan fingerprint density at radius 1 is 1.40 bits per heavy atom. The maximum atomic E-state index is 11.1. The van der Waals surface area contributed by atoms with E-state index in [1.54, 1.807) is 0 Å². The van der Waals surface area contributed by atoms with Gasteiger partial charge < -0.3 is 5.11 Å². The van der Waals surface area contributed by atoms with Gasteiger partial charge in [-0.2, -0.15) is 11.8 Å². The van der Waals surface area contributed by atoms with Crippen LogP contribution < -0.4 is 0 Å². The highest BCUT2D eigenvalue weighted by molar-refractivity contribution is 8.00. The van der Waals surface area contributed by atoms with Gasteiger partial charge in [-0.3, -0.25) is 9.69 Å². The summed E-state index contributed by atoms with van der Waals surface area (Å²) >= 11 is 1.90. The summed E-state index contributed by atoms with van der Waals surface area (Å²) in [6.07, 6.45) is 0.788. The molecule has 15 heavy (non-hydrogen) atoms. The first-order valence-corrected chi connectivity index (χ1v) is 6.50. The van der Waals surface area contributed by atoms with Crippen LogP contribution in [-0.4, -0.2) is 45.1 Å². The van der Waals surface area contributed by atoms with Crippen molar-refractivity contribution in [2.24, 2.45) is 0 Å². The predicted octanol–water partition coefficient (Wildman–Crippen LogP) is 2.06. The van der Waals surface area contributed by atoms with Crippen molar-refractivity contribution in [1.82, 2.24) is 4.90 Å². The Hall–Kier alpha value is -0.220. The van der Waals surface area contributed by atoms with E-state index < -0.39 is 5.97 Å². The Labute approximate surface area is 96.2 Å². The van der Waals surface area contributed by atoms with Crippen LogP contribution in [0.2, 0.25) is 0 Å². The smallest absolute Gasteiger partial charge is 0.320 e. The van der Waals surface area contributed by atoms with Gasteiger partial charge >= 0.3 is 5.97 Å². The second-order valence-corrected chi connectivity index (χ2v) is 6.57. The van der Waals surface area contributed by atoms with Crippen molar-refractivity contribution in [1.29, 1.82) is 0 Å². The summed E-state index contributed by atoms with van der Waals surface area (Å²) in [6.45, 7) is 9.38. The van der Waals surface area contributed by atoms with Gasteiger partial charge in [0, 0.05) is 17.8 Å². The molecule has 1 aliphatic rings. The van der Waals surface area contributed by atoms with Crippen LogP contribution in [0.3, 0.4) is 0 Å². The third-order valence-electron chi connectivity index (χ3n) is 2.71. The van der Waals surface area contributed by atoms with Crippen molar-refractivity contribution < 1.29 is 9.90 Å². The molecule has 0 bridgehead atoms. The van der Waals surface area contributed by atoms with E-state index >= 15 is 0 Å². The van der Waals surface area contributed by atoms with E-state index in [0.29, 0.717) is 16.5 Å². The van der Waals surface area contributed by atoms with Gasteiger partial charge in [0.25, 0.3) is 0 Å². The largest absolute Gasteiger partial charge is 0.480 e. The van der Waals surface area contributed by atoms with Crippen LogP contribution in [0.4, 0.5) is 0 Å². The molecule has 0 saturated carbocycles. The van der Waals surface area contributed by atoms with Gasteiger partial charge in [-0.1, -0.05) is 13.8 Å². The van der Waals surface area contributed by atoms with Crippen LogP contribution >= 0.6 is 11.8 Å². The van der Waals surface area contributed by atoms with Gasteiger partial charge in [-0.15, -0.1) is 0 Å². The zero-order valence-electron chi connectivity index (χ0n) is 9.93. The van der Waals surface area contributed by atoms with Crippen molar-refractivity contribution >= 4 is 17.7 Å². The Balaban J connectivity index is 2.61. The Morgan fingerprint density at radius 2 is 2.00 bits per heavy atom. The number of nitrogens with zero attached hydrogens (tertiary/aromatic N) is 1. The van der Waals surface area contributed by atoms with E-state index in [-0.39, 0.29) is 6.04 Å². The summed E-state index contributed by atoms with van der Waals surface area (Å²) in [5.41, 5.74) is 0. The van der Waals surface area contributed by atoms with E-state index in [1.807, 2.05) is 11.8 Å². The fraction of sp³-hybridized carbons (Fsp3) is 0.909. The summed E-state index contributed by atoms with van der Waals surface area (Å²) < 4.78 is 0. The van der Waals surface area contributed by atoms with Gasteiger partial charge in [0.15, 0.2) is 0 Å². The quantitative estimate of drug-likeness (QED) is 0.804. The minimum absolute atomic E-state index is 0.277. The molecule has 1 N–H and O–H groups in total. The summed E-state index contributed by atoms with van der Waals surface area (Å²) in [5, 5.41) is 10.2. The van der Waals surface area contributed by atoms with Gasteiger partial charge in [0.05, 0.1) is 0 Å². The molecule has 1 fully saturated rings. The lowest BCUT2D eigenvalue weighted by atomic mass is 10.2. The number of carbonyl (C=O) groups is 1. The highest BCUT2D eigenvalue weighted by atomic mass is 32.2. The first-order valence-electron chi connectivity index (χ1n) is 5.55. The summed E-state index contributed by atoms with van der Waals surface area (Å²) in [4.78, 5) is 13.2. The van der Waals surface area contributed by atoms with Crippen LogP contribution in [0.25, 0.3) is 0 Å². The number of carboxylic acid groups (broad SMARTS) is 1. The molecule has 0 aromatic rings. The number of hydrogen-bond acceptors (Lipinski definition) is 3. The van der Waals surface area contributed by atoms with Gasteiger partial charge in [0.1, 0.15) is 6.04 Å². The van der Waals surface area contributed by atoms with Crippen LogP contribution in [0.1, 0.15) is 34.1 Å². The maximum absolute atomic E-state index is 11.1. The summed E-state index contributed by atoms with van der Waals surface area (Å²) in [6, 6.07) is 0.0464. The van der Waals surface area contributed by atoms with Crippen LogP contribution in [0.15, 0.2) is 0 Å². The molecule has 4 heteroatoms. The minimum atomic E-state index is -0.671. The van der Waals surface area contributed by atoms with E-state index in [2.05, 4.69) is 32.6 Å². The molecule has 1 aliphatic heterocycles. The lowest BCUT2D eigenvalue weighted by molar-refractivity contribution is -0.142. The molecule has 0 radical (unpaired) electrons. The van der Waals surface area contributed by atoms with Gasteiger partial charge in [0.2, 0.25) is 0 Å². The maximum Gasteiger partial charge on any atom is 0.320 e. The zero-order valence-corrected chi connectivity index (χ0v) is 10.8. The first-order chi connectivity index (χ1) is 6.91. The topological polar surface area (TPSA) is 40.5 Å². The molecule has 3 nitrogen and oxygen atoms in total. The molecule has 0 amide bonds. The highest BCUT2D eigenvalue weighted by Crippen LogP contribution is 2.31. The molecule has 1 saturated heterocycles.